The van der Waals surface area contributed by atoms with Crippen LogP contribution in [0.1, 0.15) is 30.6 Å². The lowest BCUT2D eigenvalue weighted by atomic mass is 9.93. The van der Waals surface area contributed by atoms with Crippen molar-refractivity contribution in [2.75, 3.05) is 13.2 Å². The van der Waals surface area contributed by atoms with Crippen molar-refractivity contribution in [2.24, 2.45) is 5.92 Å². The van der Waals surface area contributed by atoms with Crippen LogP contribution in [0.2, 0.25) is 0 Å². The molecule has 0 amide bonds. The molecule has 1 aromatic rings. The largest absolute Gasteiger partial charge is 0.492 e. The van der Waals surface area contributed by atoms with Crippen LogP contribution >= 0.6 is 0 Å². The second-order valence-electron chi connectivity index (χ2n) is 4.18. The topological polar surface area (TPSA) is 48.4 Å². The predicted molar refractivity (Wildman–Crippen MR) is 63.3 cm³/mol. The van der Waals surface area contributed by atoms with Gasteiger partial charge in [0.1, 0.15) is 5.75 Å². The van der Waals surface area contributed by atoms with Gasteiger partial charge >= 0.3 is 0 Å². The van der Waals surface area contributed by atoms with Gasteiger partial charge in [-0.2, -0.15) is 0 Å². The van der Waals surface area contributed by atoms with Crippen LogP contribution in [0.25, 0.3) is 0 Å². The molecule has 0 bridgehead atoms. The molecule has 0 saturated carbocycles. The molecule has 1 aromatic heterocycles. The highest BCUT2D eigenvalue weighted by molar-refractivity contribution is 5.98. The summed E-state index contributed by atoms with van der Waals surface area (Å²) in [6.07, 6.45) is 4.00. The van der Waals surface area contributed by atoms with Crippen molar-refractivity contribution >= 4 is 5.78 Å². The molecule has 2 atom stereocenters. The molecule has 2 rings (SSSR count). The lowest BCUT2D eigenvalue weighted by Crippen LogP contribution is -2.21. The highest BCUT2D eigenvalue weighted by Crippen LogP contribution is 2.25. The Morgan fingerprint density at radius 3 is 3.06 bits per heavy atom. The summed E-state index contributed by atoms with van der Waals surface area (Å²) < 4.78 is 10.8. The number of pyridine rings is 1. The molecule has 1 fully saturated rings. The molecule has 92 valence electrons. The average Bonchev–Trinajstić information content (AvgIpc) is 2.75. The Kier molecular flexibility index (Phi) is 3.74. The molecule has 0 N–H and O–H groups in total. The third kappa shape index (κ3) is 2.64. The summed E-state index contributed by atoms with van der Waals surface area (Å²) in [6, 6.07) is 1.75. The third-order valence-electron chi connectivity index (χ3n) is 3.02. The molecule has 17 heavy (non-hydrogen) atoms. The van der Waals surface area contributed by atoms with Gasteiger partial charge in [0.05, 0.1) is 24.8 Å². The Bertz CT molecular complexity index is 405. The molecular formula is C13H17NO3. The number of carbonyl (C=O) groups excluding carboxylic acids is 1. The van der Waals surface area contributed by atoms with Gasteiger partial charge in [-0.25, -0.2) is 0 Å². The smallest absolute Gasteiger partial charge is 0.170 e. The van der Waals surface area contributed by atoms with Gasteiger partial charge in [0.2, 0.25) is 0 Å². The molecule has 1 aliphatic heterocycles. The van der Waals surface area contributed by atoms with E-state index in [9.17, 15) is 4.79 Å². The van der Waals surface area contributed by atoms with Crippen molar-refractivity contribution < 1.29 is 14.3 Å². The number of nitrogens with zero attached hydrogens (tertiary/aromatic N) is 1. The molecule has 4 heteroatoms. The highest BCUT2D eigenvalue weighted by Gasteiger charge is 2.31. The Labute approximate surface area is 101 Å². The standard InChI is InChI=1S/C13H17NO3/c1-3-16-11-6-10(7-14-8-11)13(15)12-4-5-17-9(12)2/h6-9,12H,3-5H2,1-2H3. The first-order valence-electron chi connectivity index (χ1n) is 5.96. The van der Waals surface area contributed by atoms with E-state index in [1.165, 1.54) is 0 Å². The summed E-state index contributed by atoms with van der Waals surface area (Å²) >= 11 is 0. The number of carbonyl (C=O) groups is 1. The summed E-state index contributed by atoms with van der Waals surface area (Å²) in [5.74, 6) is 0.697. The van der Waals surface area contributed by atoms with Crippen LogP contribution < -0.4 is 4.74 Å². The zero-order valence-electron chi connectivity index (χ0n) is 10.2. The zero-order chi connectivity index (χ0) is 12.3. The van der Waals surface area contributed by atoms with E-state index in [1.54, 1.807) is 18.5 Å². The van der Waals surface area contributed by atoms with Crippen molar-refractivity contribution in [1.29, 1.82) is 0 Å². The van der Waals surface area contributed by atoms with Crippen LogP contribution in [-0.4, -0.2) is 30.1 Å². The van der Waals surface area contributed by atoms with E-state index in [2.05, 4.69) is 4.98 Å². The number of ether oxygens (including phenoxy) is 2. The number of hydrogen-bond acceptors (Lipinski definition) is 4. The van der Waals surface area contributed by atoms with Gasteiger partial charge in [0.25, 0.3) is 0 Å². The minimum Gasteiger partial charge on any atom is -0.492 e. The fourth-order valence-corrected chi connectivity index (χ4v) is 2.09. The molecule has 1 saturated heterocycles. The minimum atomic E-state index is -0.0475. The van der Waals surface area contributed by atoms with Crippen LogP contribution in [0.4, 0.5) is 0 Å². The van der Waals surface area contributed by atoms with E-state index in [0.717, 1.165) is 6.42 Å². The van der Waals surface area contributed by atoms with Crippen molar-refractivity contribution in [3.63, 3.8) is 0 Å². The van der Waals surface area contributed by atoms with Crippen LogP contribution in [0.3, 0.4) is 0 Å². The van der Waals surface area contributed by atoms with Gasteiger partial charge in [0, 0.05) is 18.4 Å². The molecule has 4 nitrogen and oxygen atoms in total. The van der Waals surface area contributed by atoms with E-state index in [1.807, 2.05) is 13.8 Å². The predicted octanol–water partition coefficient (Wildman–Crippen LogP) is 2.09. The first kappa shape index (κ1) is 12.0. The van der Waals surface area contributed by atoms with Gasteiger partial charge in [-0.3, -0.25) is 9.78 Å². The number of hydrogen-bond donors (Lipinski definition) is 0. The van der Waals surface area contributed by atoms with Crippen LogP contribution in [0.15, 0.2) is 18.5 Å². The van der Waals surface area contributed by atoms with Gasteiger partial charge in [-0.1, -0.05) is 0 Å². The molecule has 1 aliphatic rings. The van der Waals surface area contributed by atoms with Gasteiger partial charge in [0.15, 0.2) is 5.78 Å². The Morgan fingerprint density at radius 1 is 1.59 bits per heavy atom. The van der Waals surface area contributed by atoms with Crippen molar-refractivity contribution in [2.45, 2.75) is 26.4 Å². The number of aromatic nitrogens is 1. The summed E-state index contributed by atoms with van der Waals surface area (Å²) in [6.45, 7) is 5.08. The summed E-state index contributed by atoms with van der Waals surface area (Å²) in [4.78, 5) is 16.3. The maximum Gasteiger partial charge on any atom is 0.170 e. The maximum atomic E-state index is 12.2. The molecular weight excluding hydrogens is 218 g/mol. The van der Waals surface area contributed by atoms with Crippen LogP contribution in [-0.2, 0) is 4.74 Å². The van der Waals surface area contributed by atoms with E-state index in [-0.39, 0.29) is 17.8 Å². The fourth-order valence-electron chi connectivity index (χ4n) is 2.09. The first-order chi connectivity index (χ1) is 8.22. The van der Waals surface area contributed by atoms with E-state index >= 15 is 0 Å². The van der Waals surface area contributed by atoms with Gasteiger partial charge in [-0.05, 0) is 26.3 Å². The molecule has 0 radical (unpaired) electrons. The van der Waals surface area contributed by atoms with E-state index < -0.39 is 0 Å². The highest BCUT2D eigenvalue weighted by atomic mass is 16.5. The second-order valence-corrected chi connectivity index (χ2v) is 4.18. The monoisotopic (exact) mass is 235 g/mol. The SMILES string of the molecule is CCOc1cncc(C(=O)C2CCOC2C)c1. The quantitative estimate of drug-likeness (QED) is 0.750. The normalized spacial score (nSPS) is 23.6. The van der Waals surface area contributed by atoms with Crippen molar-refractivity contribution in [3.05, 3.63) is 24.0 Å². The molecule has 0 aliphatic carbocycles. The summed E-state index contributed by atoms with van der Waals surface area (Å²) in [5.41, 5.74) is 0.610. The number of ketones is 1. The number of Topliss-reactive ketones (excluding diaryl/α,β-unsaturated/α-hetero) is 1. The third-order valence-corrected chi connectivity index (χ3v) is 3.02. The molecule has 2 heterocycles. The van der Waals surface area contributed by atoms with E-state index in [4.69, 9.17) is 9.47 Å². The molecule has 0 spiro atoms. The zero-order valence-corrected chi connectivity index (χ0v) is 10.2. The minimum absolute atomic E-state index is 0.00162. The molecule has 2 unspecified atom stereocenters. The Balaban J connectivity index is 2.15. The Morgan fingerprint density at radius 2 is 2.41 bits per heavy atom. The lowest BCUT2D eigenvalue weighted by Gasteiger charge is -2.13. The second kappa shape index (κ2) is 5.27. The summed E-state index contributed by atoms with van der Waals surface area (Å²) in [5, 5.41) is 0. The Hall–Kier alpha value is -1.42. The van der Waals surface area contributed by atoms with Crippen LogP contribution in [0.5, 0.6) is 5.75 Å². The maximum absolute atomic E-state index is 12.2. The van der Waals surface area contributed by atoms with Crippen molar-refractivity contribution in [3.8, 4) is 5.75 Å². The van der Waals surface area contributed by atoms with Crippen LogP contribution in [0, 0.1) is 5.92 Å². The van der Waals surface area contributed by atoms with Gasteiger partial charge < -0.3 is 9.47 Å². The average molecular weight is 235 g/mol. The fraction of sp³-hybridized carbons (Fsp3) is 0.538. The first-order valence-corrected chi connectivity index (χ1v) is 5.96. The van der Waals surface area contributed by atoms with Crippen molar-refractivity contribution in [1.82, 2.24) is 4.98 Å². The lowest BCUT2D eigenvalue weighted by molar-refractivity contribution is 0.0763. The van der Waals surface area contributed by atoms with Gasteiger partial charge in [-0.15, -0.1) is 0 Å². The molecule has 0 aromatic carbocycles. The number of rotatable bonds is 4. The van der Waals surface area contributed by atoms with E-state index in [0.29, 0.717) is 24.5 Å². The summed E-state index contributed by atoms with van der Waals surface area (Å²) in [7, 11) is 0.